The number of rotatable bonds is 5. The molecular weight excluding hydrogens is 418 g/mol. The first-order valence-corrected chi connectivity index (χ1v) is 11.7. The topological polar surface area (TPSA) is 86.8 Å². The predicted octanol–water partition coefficient (Wildman–Crippen LogP) is 2.69. The van der Waals surface area contributed by atoms with Crippen LogP contribution in [0.3, 0.4) is 0 Å². The van der Waals surface area contributed by atoms with Crippen molar-refractivity contribution in [2.24, 2.45) is 0 Å². The molecule has 2 heterocycles. The third-order valence-electron chi connectivity index (χ3n) is 4.49. The maximum Gasteiger partial charge on any atom is 0.252 e. The highest BCUT2D eigenvalue weighted by molar-refractivity contribution is 8.02. The molecule has 0 unspecified atom stereocenters. The summed E-state index contributed by atoms with van der Waals surface area (Å²) in [5, 5.41) is 2.84. The first kappa shape index (κ1) is 20.8. The van der Waals surface area contributed by atoms with Crippen LogP contribution in [0.25, 0.3) is 0 Å². The van der Waals surface area contributed by atoms with E-state index < -0.39 is 10.0 Å². The molecule has 1 aromatic heterocycles. The van der Waals surface area contributed by atoms with E-state index in [9.17, 15) is 18.0 Å². The van der Waals surface area contributed by atoms with Gasteiger partial charge in [0.05, 0.1) is 15.6 Å². The van der Waals surface area contributed by atoms with Crippen LogP contribution in [0.15, 0.2) is 32.7 Å². The Labute approximate surface area is 172 Å². The first-order chi connectivity index (χ1) is 13.1. The highest BCUT2D eigenvalue weighted by atomic mass is 32.3. The van der Waals surface area contributed by atoms with Crippen LogP contribution in [0.4, 0.5) is 11.4 Å². The van der Waals surface area contributed by atoms with Crippen molar-refractivity contribution in [3.63, 3.8) is 0 Å². The molecule has 2 aromatic rings. The average Bonchev–Trinajstić information content (AvgIpc) is 3.06. The van der Waals surface area contributed by atoms with Crippen molar-refractivity contribution in [3.05, 3.63) is 35.4 Å². The quantitative estimate of drug-likeness (QED) is 0.774. The van der Waals surface area contributed by atoms with Crippen molar-refractivity contribution in [3.8, 4) is 0 Å². The van der Waals surface area contributed by atoms with E-state index in [1.165, 1.54) is 36.8 Å². The van der Waals surface area contributed by atoms with Gasteiger partial charge < -0.3 is 10.2 Å². The molecule has 0 radical (unpaired) electrons. The van der Waals surface area contributed by atoms with Crippen LogP contribution < -0.4 is 10.2 Å². The fourth-order valence-corrected chi connectivity index (χ4v) is 6.61. The van der Waals surface area contributed by atoms with Gasteiger partial charge in [-0.25, -0.2) is 12.7 Å². The van der Waals surface area contributed by atoms with Gasteiger partial charge in [-0.3, -0.25) is 9.59 Å². The number of aryl methyl sites for hydroxylation is 1. The number of anilines is 2. The second-order valence-electron chi connectivity index (χ2n) is 6.59. The molecule has 3 rings (SSSR count). The number of carbonyl (C=O) groups is 2. The molecule has 0 bridgehead atoms. The van der Waals surface area contributed by atoms with Gasteiger partial charge >= 0.3 is 0 Å². The minimum Gasteiger partial charge on any atom is -0.324 e. The second kappa shape index (κ2) is 7.86. The number of sulfonamides is 1. The van der Waals surface area contributed by atoms with Gasteiger partial charge in [-0.1, -0.05) is 12.1 Å². The van der Waals surface area contributed by atoms with E-state index in [2.05, 4.69) is 5.32 Å². The van der Waals surface area contributed by atoms with E-state index in [1.54, 1.807) is 0 Å². The van der Waals surface area contributed by atoms with Gasteiger partial charge in [0, 0.05) is 19.8 Å². The number of thioether (sulfide) groups is 1. The molecule has 1 aromatic carbocycles. The number of nitrogens with zero attached hydrogens (tertiary/aromatic N) is 2. The Balaban J connectivity index is 1.85. The standard InChI is InChI=1S/C18H21N3O4S3/c1-11-6-5-7-13(12(11)2)19-15(22)9-21-14-8-17(28(24,25)20(3)4)27-18(14)26-10-16(21)23/h5-8H,9-10H2,1-4H3,(H,19,22). The maximum atomic E-state index is 12.6. The Kier molecular flexibility index (Phi) is 5.85. The summed E-state index contributed by atoms with van der Waals surface area (Å²) >= 11 is 2.42. The Hall–Kier alpha value is -1.88. The summed E-state index contributed by atoms with van der Waals surface area (Å²) in [5.74, 6) is -0.380. The number of carbonyl (C=O) groups excluding carboxylic acids is 2. The second-order valence-corrected chi connectivity index (χ2v) is 11.3. The fraction of sp³-hybridized carbons (Fsp3) is 0.333. The Morgan fingerprint density at radius 2 is 2.00 bits per heavy atom. The van der Waals surface area contributed by atoms with Gasteiger partial charge in [0.1, 0.15) is 10.8 Å². The summed E-state index contributed by atoms with van der Waals surface area (Å²) in [4.78, 5) is 26.4. The van der Waals surface area contributed by atoms with Crippen LogP contribution in [-0.4, -0.2) is 50.9 Å². The number of thiophene rings is 1. The molecule has 0 fully saturated rings. The molecule has 0 spiro atoms. The normalized spacial score (nSPS) is 14.3. The van der Waals surface area contributed by atoms with E-state index in [-0.39, 0.29) is 28.3 Å². The Morgan fingerprint density at radius 1 is 1.29 bits per heavy atom. The van der Waals surface area contributed by atoms with Crippen LogP contribution in [0.2, 0.25) is 0 Å². The largest absolute Gasteiger partial charge is 0.324 e. The summed E-state index contributed by atoms with van der Waals surface area (Å²) in [7, 11) is -0.679. The minimum absolute atomic E-state index is 0.157. The van der Waals surface area contributed by atoms with Crippen molar-refractivity contribution >= 4 is 56.3 Å². The van der Waals surface area contributed by atoms with Gasteiger partial charge in [0.25, 0.3) is 10.0 Å². The van der Waals surface area contributed by atoms with E-state index in [4.69, 9.17) is 0 Å². The monoisotopic (exact) mass is 439 g/mol. The first-order valence-electron chi connectivity index (χ1n) is 8.47. The molecule has 0 aliphatic carbocycles. The van der Waals surface area contributed by atoms with Crippen molar-refractivity contribution in [2.75, 3.05) is 36.6 Å². The number of fused-ring (bicyclic) bond motifs is 1. The number of nitrogens with one attached hydrogen (secondary N) is 1. The van der Waals surface area contributed by atoms with E-state index in [1.807, 2.05) is 32.0 Å². The van der Waals surface area contributed by atoms with E-state index in [0.29, 0.717) is 11.4 Å². The molecule has 0 saturated carbocycles. The lowest BCUT2D eigenvalue weighted by Crippen LogP contribution is -2.40. The SMILES string of the molecule is Cc1cccc(NC(=O)CN2C(=O)CSc3sc(S(=O)(=O)N(C)C)cc32)c1C. The Morgan fingerprint density at radius 3 is 2.68 bits per heavy atom. The molecule has 1 aliphatic rings. The third-order valence-corrected chi connectivity index (χ3v) is 9.14. The van der Waals surface area contributed by atoms with E-state index in [0.717, 1.165) is 31.0 Å². The minimum atomic E-state index is -3.60. The smallest absolute Gasteiger partial charge is 0.252 e. The lowest BCUT2D eigenvalue weighted by molar-refractivity contribution is -0.120. The molecule has 0 atom stereocenters. The van der Waals surface area contributed by atoms with Gasteiger partial charge in [-0.15, -0.1) is 23.1 Å². The van der Waals surface area contributed by atoms with Crippen LogP contribution in [-0.2, 0) is 19.6 Å². The van der Waals surface area contributed by atoms with Crippen molar-refractivity contribution < 1.29 is 18.0 Å². The predicted molar refractivity (Wildman–Crippen MR) is 113 cm³/mol. The van der Waals surface area contributed by atoms with Crippen molar-refractivity contribution in [1.82, 2.24) is 4.31 Å². The number of benzene rings is 1. The average molecular weight is 440 g/mol. The van der Waals surface area contributed by atoms with Crippen molar-refractivity contribution in [1.29, 1.82) is 0 Å². The summed E-state index contributed by atoms with van der Waals surface area (Å²) in [6.07, 6.45) is 0. The molecule has 1 aliphatic heterocycles. The summed E-state index contributed by atoms with van der Waals surface area (Å²) in [6, 6.07) is 7.10. The number of hydrogen-bond donors (Lipinski definition) is 1. The zero-order valence-corrected chi connectivity index (χ0v) is 18.4. The highest BCUT2D eigenvalue weighted by Gasteiger charge is 2.32. The van der Waals surface area contributed by atoms with Gasteiger partial charge in [0.2, 0.25) is 11.8 Å². The molecule has 150 valence electrons. The molecule has 10 heteroatoms. The van der Waals surface area contributed by atoms with E-state index >= 15 is 0 Å². The van der Waals surface area contributed by atoms with Gasteiger partial charge in [-0.2, -0.15) is 0 Å². The van der Waals surface area contributed by atoms with Crippen LogP contribution in [0.1, 0.15) is 11.1 Å². The molecule has 0 saturated heterocycles. The lowest BCUT2D eigenvalue weighted by atomic mass is 10.1. The maximum absolute atomic E-state index is 12.6. The zero-order chi connectivity index (χ0) is 20.6. The lowest BCUT2D eigenvalue weighted by Gasteiger charge is -2.26. The highest BCUT2D eigenvalue weighted by Crippen LogP contribution is 2.44. The third kappa shape index (κ3) is 3.95. The van der Waals surface area contributed by atoms with Crippen molar-refractivity contribution in [2.45, 2.75) is 22.3 Å². The summed E-state index contributed by atoms with van der Waals surface area (Å²) in [5.41, 5.74) is 3.20. The molecule has 28 heavy (non-hydrogen) atoms. The number of amides is 2. The summed E-state index contributed by atoms with van der Waals surface area (Å²) < 4.78 is 26.8. The van der Waals surface area contributed by atoms with Crippen LogP contribution in [0.5, 0.6) is 0 Å². The fourth-order valence-electron chi connectivity index (χ4n) is 2.67. The molecule has 1 N–H and O–H groups in total. The van der Waals surface area contributed by atoms with Crippen LogP contribution >= 0.6 is 23.1 Å². The van der Waals surface area contributed by atoms with Gasteiger partial charge in [0.15, 0.2) is 0 Å². The Bertz CT molecular complexity index is 1040. The van der Waals surface area contributed by atoms with Crippen LogP contribution in [0, 0.1) is 13.8 Å². The zero-order valence-electron chi connectivity index (χ0n) is 16.0. The number of hydrogen-bond acceptors (Lipinski definition) is 6. The summed E-state index contributed by atoms with van der Waals surface area (Å²) in [6.45, 7) is 3.71. The molecule has 7 nitrogen and oxygen atoms in total. The molecule has 2 amide bonds. The molecular formula is C18H21N3O4S3. The van der Waals surface area contributed by atoms with Gasteiger partial charge in [-0.05, 0) is 37.1 Å².